The Labute approximate surface area is 167 Å². The van der Waals surface area contributed by atoms with E-state index in [0.717, 1.165) is 36.6 Å². The standard InChI is InChI=1S/C23H32N2O3/c1-17-4-6-20(7-5-17)22-10-8-21(28-22)9-11-23(27)25-14-18(13-24(2)3)12-19(15-25)16-26/h4-8,10,18-19,26H,9,11-16H2,1-3H3/t18-,19+/m0/s1. The molecule has 3 rings (SSSR count). The van der Waals surface area contributed by atoms with Crippen molar-refractivity contribution < 1.29 is 14.3 Å². The molecule has 0 spiro atoms. The first-order chi connectivity index (χ1) is 13.4. The number of rotatable bonds is 7. The smallest absolute Gasteiger partial charge is 0.223 e. The molecule has 5 nitrogen and oxygen atoms in total. The third kappa shape index (κ3) is 5.46. The van der Waals surface area contributed by atoms with E-state index in [9.17, 15) is 9.90 Å². The zero-order valence-electron chi connectivity index (χ0n) is 17.2. The summed E-state index contributed by atoms with van der Waals surface area (Å²) in [5.41, 5.74) is 2.27. The molecule has 2 aromatic rings. The molecule has 5 heteroatoms. The summed E-state index contributed by atoms with van der Waals surface area (Å²) in [6, 6.07) is 12.2. The molecule has 1 aliphatic heterocycles. The number of aliphatic hydroxyl groups excluding tert-OH is 1. The summed E-state index contributed by atoms with van der Waals surface area (Å²) >= 11 is 0. The molecule has 1 aromatic heterocycles. The molecule has 1 fully saturated rings. The first-order valence-electron chi connectivity index (χ1n) is 10.1. The minimum Gasteiger partial charge on any atom is -0.461 e. The van der Waals surface area contributed by atoms with Crippen molar-refractivity contribution in [3.8, 4) is 11.3 Å². The Morgan fingerprint density at radius 1 is 1.14 bits per heavy atom. The molecule has 0 aliphatic carbocycles. The number of likely N-dealkylation sites (tertiary alicyclic amines) is 1. The molecule has 1 aliphatic rings. The predicted molar refractivity (Wildman–Crippen MR) is 111 cm³/mol. The number of hydrogen-bond acceptors (Lipinski definition) is 4. The van der Waals surface area contributed by atoms with Gasteiger partial charge >= 0.3 is 0 Å². The third-order valence-electron chi connectivity index (χ3n) is 5.44. The Morgan fingerprint density at radius 3 is 2.54 bits per heavy atom. The third-order valence-corrected chi connectivity index (χ3v) is 5.44. The summed E-state index contributed by atoms with van der Waals surface area (Å²) in [5.74, 6) is 2.42. The molecule has 2 heterocycles. The molecule has 0 radical (unpaired) electrons. The minimum atomic E-state index is 0.145. The molecule has 1 aromatic carbocycles. The van der Waals surface area contributed by atoms with E-state index in [1.807, 2.05) is 17.0 Å². The Balaban J connectivity index is 1.56. The van der Waals surface area contributed by atoms with Gasteiger partial charge in [0.15, 0.2) is 0 Å². The van der Waals surface area contributed by atoms with Crippen LogP contribution in [0.2, 0.25) is 0 Å². The Morgan fingerprint density at radius 2 is 1.86 bits per heavy atom. The van der Waals surface area contributed by atoms with Crippen LogP contribution in [-0.4, -0.2) is 61.2 Å². The highest BCUT2D eigenvalue weighted by atomic mass is 16.3. The number of hydrogen-bond donors (Lipinski definition) is 1. The number of aryl methyl sites for hydroxylation is 2. The zero-order chi connectivity index (χ0) is 20.1. The lowest BCUT2D eigenvalue weighted by Gasteiger charge is -2.38. The van der Waals surface area contributed by atoms with Crippen LogP contribution < -0.4 is 0 Å². The Bertz CT molecular complexity index is 766. The van der Waals surface area contributed by atoms with Crippen molar-refractivity contribution in [3.63, 3.8) is 0 Å². The number of carbonyl (C=O) groups excluding carboxylic acids is 1. The SMILES string of the molecule is Cc1ccc(-c2ccc(CCC(=O)N3C[C@H](CO)C[C@@H](CN(C)C)C3)o2)cc1. The Kier molecular flexibility index (Phi) is 6.92. The van der Waals surface area contributed by atoms with Crippen LogP contribution >= 0.6 is 0 Å². The number of aliphatic hydroxyl groups is 1. The second-order valence-corrected chi connectivity index (χ2v) is 8.34. The quantitative estimate of drug-likeness (QED) is 0.796. The van der Waals surface area contributed by atoms with Crippen LogP contribution in [0.1, 0.15) is 24.2 Å². The van der Waals surface area contributed by atoms with Gasteiger partial charge in [-0.3, -0.25) is 4.79 Å². The number of benzene rings is 1. The van der Waals surface area contributed by atoms with Gasteiger partial charge in [-0.05, 0) is 51.4 Å². The van der Waals surface area contributed by atoms with E-state index in [1.54, 1.807) is 0 Å². The maximum Gasteiger partial charge on any atom is 0.223 e. The van der Waals surface area contributed by atoms with Gasteiger partial charge in [0.1, 0.15) is 11.5 Å². The van der Waals surface area contributed by atoms with Crippen LogP contribution in [0.4, 0.5) is 0 Å². The molecule has 152 valence electrons. The highest BCUT2D eigenvalue weighted by Gasteiger charge is 2.29. The molecule has 1 amide bonds. The van der Waals surface area contributed by atoms with Gasteiger partial charge in [-0.15, -0.1) is 0 Å². The minimum absolute atomic E-state index is 0.145. The second kappa shape index (κ2) is 9.39. The lowest BCUT2D eigenvalue weighted by atomic mass is 9.89. The van der Waals surface area contributed by atoms with E-state index in [0.29, 0.717) is 25.3 Å². The van der Waals surface area contributed by atoms with Crippen molar-refractivity contribution in [3.05, 3.63) is 47.7 Å². The van der Waals surface area contributed by atoms with Crippen LogP contribution in [0.5, 0.6) is 0 Å². The van der Waals surface area contributed by atoms with E-state index in [4.69, 9.17) is 4.42 Å². The van der Waals surface area contributed by atoms with Crippen LogP contribution in [0.25, 0.3) is 11.3 Å². The van der Waals surface area contributed by atoms with Gasteiger partial charge < -0.3 is 19.3 Å². The summed E-state index contributed by atoms with van der Waals surface area (Å²) in [5, 5.41) is 9.61. The predicted octanol–water partition coefficient (Wildman–Crippen LogP) is 3.21. The van der Waals surface area contributed by atoms with E-state index in [1.165, 1.54) is 5.56 Å². The van der Waals surface area contributed by atoms with Crippen LogP contribution in [-0.2, 0) is 11.2 Å². The normalized spacial score (nSPS) is 20.0. The Hall–Kier alpha value is -2.11. The maximum absolute atomic E-state index is 12.8. The molecule has 0 saturated carbocycles. The van der Waals surface area contributed by atoms with Crippen molar-refractivity contribution >= 4 is 5.91 Å². The fraction of sp³-hybridized carbons (Fsp3) is 0.522. The van der Waals surface area contributed by atoms with Crippen molar-refractivity contribution in [1.29, 1.82) is 0 Å². The molecular formula is C23H32N2O3. The maximum atomic E-state index is 12.8. The molecule has 2 atom stereocenters. The first kappa shape index (κ1) is 20.6. The van der Waals surface area contributed by atoms with E-state index < -0.39 is 0 Å². The van der Waals surface area contributed by atoms with Crippen LogP contribution in [0, 0.1) is 18.8 Å². The molecule has 1 N–H and O–H groups in total. The van der Waals surface area contributed by atoms with Gasteiger partial charge in [0.25, 0.3) is 0 Å². The van der Waals surface area contributed by atoms with E-state index in [-0.39, 0.29) is 18.4 Å². The fourth-order valence-corrected chi connectivity index (χ4v) is 4.08. The summed E-state index contributed by atoms with van der Waals surface area (Å²) in [4.78, 5) is 16.9. The van der Waals surface area contributed by atoms with Crippen molar-refractivity contribution in [1.82, 2.24) is 9.80 Å². The van der Waals surface area contributed by atoms with Crippen molar-refractivity contribution in [2.24, 2.45) is 11.8 Å². The lowest BCUT2D eigenvalue weighted by Crippen LogP contribution is -2.47. The summed E-state index contributed by atoms with van der Waals surface area (Å²) in [6.45, 7) is 4.59. The number of nitrogens with zero attached hydrogens (tertiary/aromatic N) is 2. The summed E-state index contributed by atoms with van der Waals surface area (Å²) in [6.07, 6.45) is 2.02. The van der Waals surface area contributed by atoms with Gasteiger partial charge in [0, 0.05) is 44.6 Å². The van der Waals surface area contributed by atoms with Crippen molar-refractivity contribution in [2.75, 3.05) is 40.3 Å². The monoisotopic (exact) mass is 384 g/mol. The van der Waals surface area contributed by atoms with Gasteiger partial charge in [-0.2, -0.15) is 0 Å². The molecule has 1 saturated heterocycles. The lowest BCUT2D eigenvalue weighted by molar-refractivity contribution is -0.134. The number of piperidine rings is 1. The topological polar surface area (TPSA) is 56.9 Å². The van der Waals surface area contributed by atoms with Gasteiger partial charge in [-0.25, -0.2) is 0 Å². The average molecular weight is 385 g/mol. The zero-order valence-corrected chi connectivity index (χ0v) is 17.2. The molecule has 0 bridgehead atoms. The molecule has 0 unspecified atom stereocenters. The largest absolute Gasteiger partial charge is 0.461 e. The number of carbonyl (C=O) groups is 1. The van der Waals surface area contributed by atoms with Crippen molar-refractivity contribution in [2.45, 2.75) is 26.2 Å². The highest BCUT2D eigenvalue weighted by Crippen LogP contribution is 2.25. The molecule has 28 heavy (non-hydrogen) atoms. The fourth-order valence-electron chi connectivity index (χ4n) is 4.08. The average Bonchev–Trinajstić information content (AvgIpc) is 3.14. The second-order valence-electron chi connectivity index (χ2n) is 8.34. The van der Waals surface area contributed by atoms with Gasteiger partial charge in [-0.1, -0.05) is 29.8 Å². The molecular weight excluding hydrogens is 352 g/mol. The summed E-state index contributed by atoms with van der Waals surface area (Å²) in [7, 11) is 4.11. The van der Waals surface area contributed by atoms with E-state index >= 15 is 0 Å². The summed E-state index contributed by atoms with van der Waals surface area (Å²) < 4.78 is 5.95. The van der Waals surface area contributed by atoms with Crippen LogP contribution in [0.3, 0.4) is 0 Å². The van der Waals surface area contributed by atoms with Gasteiger partial charge in [0.2, 0.25) is 5.91 Å². The van der Waals surface area contributed by atoms with Gasteiger partial charge in [0.05, 0.1) is 0 Å². The van der Waals surface area contributed by atoms with Crippen LogP contribution in [0.15, 0.2) is 40.8 Å². The number of furan rings is 1. The van der Waals surface area contributed by atoms with E-state index in [2.05, 4.69) is 50.2 Å². The first-order valence-corrected chi connectivity index (χ1v) is 10.1. The highest BCUT2D eigenvalue weighted by molar-refractivity contribution is 5.76. The number of amides is 1.